The van der Waals surface area contributed by atoms with Crippen molar-refractivity contribution in [2.24, 2.45) is 17.1 Å². The van der Waals surface area contributed by atoms with Crippen molar-refractivity contribution in [1.82, 2.24) is 4.90 Å². The maximum Gasteiger partial charge on any atom is 0.230 e. The topological polar surface area (TPSA) is 46.3 Å². The fourth-order valence-electron chi connectivity index (χ4n) is 3.47. The molecule has 0 aromatic rings. The zero-order valence-electron chi connectivity index (χ0n) is 13.1. The first-order valence-corrected chi connectivity index (χ1v) is 8.13. The van der Waals surface area contributed by atoms with E-state index in [1.807, 2.05) is 0 Å². The molecule has 1 amide bonds. The number of hydrogen-bond donors (Lipinski definition) is 1. The molecule has 1 rings (SSSR count). The molecule has 1 saturated heterocycles. The molecule has 0 bridgehead atoms. The fourth-order valence-corrected chi connectivity index (χ4v) is 3.47. The lowest BCUT2D eigenvalue weighted by Gasteiger charge is -2.39. The summed E-state index contributed by atoms with van der Waals surface area (Å²) in [6, 6.07) is 0. The standard InChI is InChI=1S/C16H32N2O/c1-4-9-16(13-17,10-5-2)15(19)18-11-7-14(6-3)8-12-18/h14H,4-13,17H2,1-3H3. The van der Waals surface area contributed by atoms with Gasteiger partial charge < -0.3 is 10.6 Å². The first kappa shape index (κ1) is 16.5. The van der Waals surface area contributed by atoms with Crippen LogP contribution >= 0.6 is 0 Å². The van der Waals surface area contributed by atoms with E-state index in [4.69, 9.17) is 5.73 Å². The molecule has 0 aliphatic carbocycles. The molecule has 19 heavy (non-hydrogen) atoms. The number of amides is 1. The van der Waals surface area contributed by atoms with Crippen LogP contribution < -0.4 is 5.73 Å². The lowest BCUT2D eigenvalue weighted by atomic mass is 9.77. The molecule has 0 atom stereocenters. The zero-order valence-corrected chi connectivity index (χ0v) is 13.1. The molecule has 1 fully saturated rings. The van der Waals surface area contributed by atoms with Crippen molar-refractivity contribution in [1.29, 1.82) is 0 Å². The number of nitrogens with zero attached hydrogens (tertiary/aromatic N) is 1. The minimum atomic E-state index is -0.289. The van der Waals surface area contributed by atoms with Crippen LogP contribution in [0.4, 0.5) is 0 Å². The highest BCUT2D eigenvalue weighted by Gasteiger charge is 2.39. The number of likely N-dealkylation sites (tertiary alicyclic amines) is 1. The number of carbonyl (C=O) groups is 1. The maximum absolute atomic E-state index is 12.9. The second-order valence-electron chi connectivity index (χ2n) is 6.13. The van der Waals surface area contributed by atoms with Crippen molar-refractivity contribution >= 4 is 5.91 Å². The predicted octanol–water partition coefficient (Wildman–Crippen LogP) is 3.18. The van der Waals surface area contributed by atoms with Gasteiger partial charge in [0.05, 0.1) is 5.41 Å². The molecule has 3 nitrogen and oxygen atoms in total. The van der Waals surface area contributed by atoms with E-state index in [0.29, 0.717) is 12.5 Å². The van der Waals surface area contributed by atoms with Gasteiger partial charge in [-0.3, -0.25) is 4.79 Å². The van der Waals surface area contributed by atoms with Crippen LogP contribution in [0.15, 0.2) is 0 Å². The lowest BCUT2D eigenvalue weighted by molar-refractivity contribution is -0.144. The van der Waals surface area contributed by atoms with Gasteiger partial charge in [-0.2, -0.15) is 0 Å². The Labute approximate surface area is 118 Å². The van der Waals surface area contributed by atoms with E-state index in [2.05, 4.69) is 25.7 Å². The summed E-state index contributed by atoms with van der Waals surface area (Å²) in [6.07, 6.45) is 7.52. The minimum Gasteiger partial charge on any atom is -0.342 e. The number of carbonyl (C=O) groups excluding carboxylic acids is 1. The van der Waals surface area contributed by atoms with Gasteiger partial charge in [0.1, 0.15) is 0 Å². The van der Waals surface area contributed by atoms with Crippen LogP contribution in [0, 0.1) is 11.3 Å². The van der Waals surface area contributed by atoms with Gasteiger partial charge >= 0.3 is 0 Å². The Balaban J connectivity index is 2.71. The molecule has 1 aliphatic heterocycles. The molecule has 1 aliphatic rings. The maximum atomic E-state index is 12.9. The second-order valence-corrected chi connectivity index (χ2v) is 6.13. The van der Waals surface area contributed by atoms with Crippen LogP contribution in [0.25, 0.3) is 0 Å². The van der Waals surface area contributed by atoms with Gasteiger partial charge in [0.2, 0.25) is 5.91 Å². The van der Waals surface area contributed by atoms with Gasteiger partial charge in [0.15, 0.2) is 0 Å². The van der Waals surface area contributed by atoms with Crippen LogP contribution in [-0.4, -0.2) is 30.4 Å². The summed E-state index contributed by atoms with van der Waals surface area (Å²) in [5.41, 5.74) is 5.70. The summed E-state index contributed by atoms with van der Waals surface area (Å²) in [5.74, 6) is 1.14. The number of rotatable bonds is 7. The van der Waals surface area contributed by atoms with E-state index in [9.17, 15) is 4.79 Å². The number of piperidine rings is 1. The minimum absolute atomic E-state index is 0.289. The normalized spacial score (nSPS) is 17.8. The van der Waals surface area contributed by atoms with Crippen LogP contribution in [0.2, 0.25) is 0 Å². The third-order valence-corrected chi connectivity index (χ3v) is 4.78. The van der Waals surface area contributed by atoms with E-state index >= 15 is 0 Å². The Hall–Kier alpha value is -0.570. The van der Waals surface area contributed by atoms with Crippen molar-refractivity contribution in [3.63, 3.8) is 0 Å². The van der Waals surface area contributed by atoms with Gasteiger partial charge in [-0.15, -0.1) is 0 Å². The molecular formula is C16H32N2O. The smallest absolute Gasteiger partial charge is 0.230 e. The van der Waals surface area contributed by atoms with Gasteiger partial charge in [0, 0.05) is 19.6 Å². The fraction of sp³-hybridized carbons (Fsp3) is 0.938. The summed E-state index contributed by atoms with van der Waals surface area (Å²) >= 11 is 0. The SMILES string of the molecule is CCCC(CN)(CCC)C(=O)N1CCC(CC)CC1. The van der Waals surface area contributed by atoms with Gasteiger partial charge in [0.25, 0.3) is 0 Å². The predicted molar refractivity (Wildman–Crippen MR) is 80.9 cm³/mol. The van der Waals surface area contributed by atoms with Crippen molar-refractivity contribution in [2.75, 3.05) is 19.6 Å². The quantitative estimate of drug-likeness (QED) is 0.771. The highest BCUT2D eigenvalue weighted by Crippen LogP contribution is 2.33. The molecule has 0 radical (unpaired) electrons. The number of nitrogens with two attached hydrogens (primary N) is 1. The molecule has 2 N–H and O–H groups in total. The van der Waals surface area contributed by atoms with E-state index in [-0.39, 0.29) is 5.41 Å². The van der Waals surface area contributed by atoms with Gasteiger partial charge in [-0.05, 0) is 31.6 Å². The van der Waals surface area contributed by atoms with Crippen molar-refractivity contribution in [2.45, 2.75) is 65.7 Å². The molecule has 0 saturated carbocycles. The van der Waals surface area contributed by atoms with Gasteiger partial charge in [-0.25, -0.2) is 0 Å². The largest absolute Gasteiger partial charge is 0.342 e. The lowest BCUT2D eigenvalue weighted by Crippen LogP contribution is -2.50. The molecule has 0 aromatic carbocycles. The highest BCUT2D eigenvalue weighted by molar-refractivity contribution is 5.83. The Morgan fingerprint density at radius 3 is 2.05 bits per heavy atom. The Morgan fingerprint density at radius 1 is 1.16 bits per heavy atom. The van der Waals surface area contributed by atoms with E-state index in [0.717, 1.165) is 44.7 Å². The van der Waals surface area contributed by atoms with Crippen LogP contribution in [0.3, 0.4) is 0 Å². The molecule has 1 heterocycles. The number of hydrogen-bond acceptors (Lipinski definition) is 2. The zero-order chi connectivity index (χ0) is 14.3. The summed E-state index contributed by atoms with van der Waals surface area (Å²) < 4.78 is 0. The first-order chi connectivity index (χ1) is 9.13. The third kappa shape index (κ3) is 3.95. The average Bonchev–Trinajstić information content (AvgIpc) is 2.46. The van der Waals surface area contributed by atoms with Crippen molar-refractivity contribution in [3.8, 4) is 0 Å². The van der Waals surface area contributed by atoms with Crippen molar-refractivity contribution in [3.05, 3.63) is 0 Å². The molecule has 112 valence electrons. The van der Waals surface area contributed by atoms with Crippen LogP contribution in [0.1, 0.15) is 65.7 Å². The molecule has 0 spiro atoms. The second kappa shape index (κ2) is 7.88. The summed E-state index contributed by atoms with van der Waals surface area (Å²) in [6.45, 7) is 8.92. The molecular weight excluding hydrogens is 236 g/mol. The highest BCUT2D eigenvalue weighted by atomic mass is 16.2. The molecule has 3 heteroatoms. The summed E-state index contributed by atoms with van der Waals surface area (Å²) in [5, 5.41) is 0. The third-order valence-electron chi connectivity index (χ3n) is 4.78. The first-order valence-electron chi connectivity index (χ1n) is 8.13. The van der Waals surface area contributed by atoms with E-state index in [1.165, 1.54) is 19.3 Å². The molecule has 0 unspecified atom stereocenters. The molecule has 0 aromatic heterocycles. The van der Waals surface area contributed by atoms with E-state index < -0.39 is 0 Å². The van der Waals surface area contributed by atoms with Crippen LogP contribution in [0.5, 0.6) is 0 Å². The monoisotopic (exact) mass is 268 g/mol. The van der Waals surface area contributed by atoms with Crippen LogP contribution in [-0.2, 0) is 4.79 Å². The summed E-state index contributed by atoms with van der Waals surface area (Å²) in [4.78, 5) is 15.0. The Bertz CT molecular complexity index is 264. The van der Waals surface area contributed by atoms with Crippen molar-refractivity contribution < 1.29 is 4.79 Å². The Morgan fingerprint density at radius 2 is 1.68 bits per heavy atom. The van der Waals surface area contributed by atoms with E-state index in [1.54, 1.807) is 0 Å². The summed E-state index contributed by atoms with van der Waals surface area (Å²) in [7, 11) is 0. The average molecular weight is 268 g/mol. The Kier molecular flexibility index (Phi) is 6.84. The van der Waals surface area contributed by atoms with Gasteiger partial charge in [-0.1, -0.05) is 40.0 Å².